The highest BCUT2D eigenvalue weighted by Gasteiger charge is 2.52. The summed E-state index contributed by atoms with van der Waals surface area (Å²) in [6.07, 6.45) is 2.71. The second-order valence-corrected chi connectivity index (χ2v) is 8.96. The summed E-state index contributed by atoms with van der Waals surface area (Å²) in [5, 5.41) is 0. The van der Waals surface area contributed by atoms with E-state index in [1.165, 1.54) is 0 Å². The molecular formula is C19H25BrN2O3. The summed E-state index contributed by atoms with van der Waals surface area (Å²) in [5.74, 6) is 0.286. The fraction of sp³-hybridized carbons (Fsp3) is 0.579. The number of ether oxygens (including phenoxy) is 1. The quantitative estimate of drug-likeness (QED) is 0.768. The number of hydrogen-bond donors (Lipinski definition) is 1. The normalized spacial score (nSPS) is 25.3. The van der Waals surface area contributed by atoms with E-state index < -0.39 is 11.6 Å². The Morgan fingerprint density at radius 3 is 2.68 bits per heavy atom. The molecule has 6 heteroatoms. The highest BCUT2D eigenvalue weighted by Crippen LogP contribution is 2.43. The molecule has 3 atom stereocenters. The van der Waals surface area contributed by atoms with Gasteiger partial charge >= 0.3 is 6.09 Å². The number of rotatable bonds is 3. The number of anilines is 1. The van der Waals surface area contributed by atoms with Crippen LogP contribution >= 0.6 is 15.9 Å². The molecule has 1 saturated carbocycles. The van der Waals surface area contributed by atoms with Crippen LogP contribution < -0.4 is 5.73 Å². The van der Waals surface area contributed by atoms with E-state index in [0.717, 1.165) is 29.3 Å². The molecule has 0 radical (unpaired) electrons. The van der Waals surface area contributed by atoms with E-state index in [4.69, 9.17) is 10.5 Å². The Hall–Kier alpha value is -1.56. The second kappa shape index (κ2) is 6.63. The number of nitrogen functional groups attached to an aromatic ring is 1. The van der Waals surface area contributed by atoms with Gasteiger partial charge in [-0.3, -0.25) is 9.69 Å². The highest BCUT2D eigenvalue weighted by atomic mass is 79.9. The minimum absolute atomic E-state index is 0.0482. The van der Waals surface area contributed by atoms with Gasteiger partial charge in [0.2, 0.25) is 0 Å². The van der Waals surface area contributed by atoms with Crippen LogP contribution in [0.1, 0.15) is 45.6 Å². The van der Waals surface area contributed by atoms with E-state index in [1.807, 2.05) is 32.9 Å². The van der Waals surface area contributed by atoms with Crippen molar-refractivity contribution in [3.05, 3.63) is 28.2 Å². The van der Waals surface area contributed by atoms with E-state index in [9.17, 15) is 9.59 Å². The summed E-state index contributed by atoms with van der Waals surface area (Å²) in [4.78, 5) is 27.3. The van der Waals surface area contributed by atoms with Crippen LogP contribution in [0.25, 0.3) is 0 Å². The minimum Gasteiger partial charge on any atom is -0.444 e. The number of piperidine rings is 1. The SMILES string of the molecule is CC(C)(C)OC(=O)N1C(C(=O)Cc2ccc(Br)cc2N)[C@H]2CC[C@@H]1C2. The lowest BCUT2D eigenvalue weighted by atomic mass is 9.91. The van der Waals surface area contributed by atoms with Crippen molar-refractivity contribution >= 4 is 33.5 Å². The van der Waals surface area contributed by atoms with E-state index in [2.05, 4.69) is 15.9 Å². The molecule has 1 aromatic carbocycles. The molecule has 1 amide bonds. The van der Waals surface area contributed by atoms with Crippen LogP contribution in [-0.4, -0.2) is 34.5 Å². The first kappa shape index (κ1) is 18.2. The Balaban J connectivity index is 1.78. The number of amides is 1. The van der Waals surface area contributed by atoms with Crippen molar-refractivity contribution in [1.82, 2.24) is 4.90 Å². The number of hydrogen-bond acceptors (Lipinski definition) is 4. The zero-order chi connectivity index (χ0) is 18.4. The first-order valence-corrected chi connectivity index (χ1v) is 9.53. The number of ketones is 1. The summed E-state index contributed by atoms with van der Waals surface area (Å²) < 4.78 is 6.43. The first-order valence-electron chi connectivity index (χ1n) is 8.73. The number of fused-ring (bicyclic) bond motifs is 2. The van der Waals surface area contributed by atoms with Gasteiger partial charge in [0.25, 0.3) is 0 Å². The molecule has 136 valence electrons. The first-order chi connectivity index (χ1) is 11.7. The molecule has 1 aromatic rings. The molecule has 3 rings (SSSR count). The minimum atomic E-state index is -0.567. The molecule has 2 aliphatic rings. The summed E-state index contributed by atoms with van der Waals surface area (Å²) in [7, 11) is 0. The summed E-state index contributed by atoms with van der Waals surface area (Å²) in [6.45, 7) is 5.54. The third kappa shape index (κ3) is 3.84. The van der Waals surface area contributed by atoms with Crippen molar-refractivity contribution in [3.63, 3.8) is 0 Å². The predicted octanol–water partition coefficient (Wildman–Crippen LogP) is 3.93. The molecule has 1 unspecified atom stereocenters. The number of Topliss-reactive ketones (excluding diaryl/α,β-unsaturated/α-hetero) is 1. The molecule has 1 aliphatic carbocycles. The molecule has 0 aromatic heterocycles. The van der Waals surface area contributed by atoms with Gasteiger partial charge in [-0.05, 0) is 63.6 Å². The van der Waals surface area contributed by atoms with Crippen LogP contribution in [0.15, 0.2) is 22.7 Å². The molecule has 25 heavy (non-hydrogen) atoms. The van der Waals surface area contributed by atoms with Crippen LogP contribution in [0.4, 0.5) is 10.5 Å². The fourth-order valence-electron chi connectivity index (χ4n) is 4.00. The van der Waals surface area contributed by atoms with Gasteiger partial charge in [-0.2, -0.15) is 0 Å². The second-order valence-electron chi connectivity index (χ2n) is 8.05. The molecule has 0 spiro atoms. The number of nitrogens with two attached hydrogens (primary N) is 1. The van der Waals surface area contributed by atoms with Crippen molar-refractivity contribution < 1.29 is 14.3 Å². The molecule has 2 bridgehead atoms. The van der Waals surface area contributed by atoms with Gasteiger partial charge in [0.15, 0.2) is 5.78 Å². The van der Waals surface area contributed by atoms with E-state index in [0.29, 0.717) is 5.69 Å². The summed E-state index contributed by atoms with van der Waals surface area (Å²) in [6, 6.07) is 5.27. The van der Waals surface area contributed by atoms with Gasteiger partial charge in [-0.1, -0.05) is 22.0 Å². The molecule has 1 saturated heterocycles. The Kier molecular flexibility index (Phi) is 4.84. The van der Waals surface area contributed by atoms with Crippen LogP contribution in [0, 0.1) is 5.92 Å². The number of carbonyl (C=O) groups is 2. The summed E-state index contributed by atoms with van der Waals surface area (Å²) in [5.41, 5.74) is 6.87. The van der Waals surface area contributed by atoms with Crippen LogP contribution in [0.2, 0.25) is 0 Å². The Bertz CT molecular complexity index is 698. The van der Waals surface area contributed by atoms with Crippen molar-refractivity contribution in [2.24, 2.45) is 5.92 Å². The van der Waals surface area contributed by atoms with Gasteiger partial charge in [-0.25, -0.2) is 4.79 Å². The fourth-order valence-corrected chi connectivity index (χ4v) is 4.38. The smallest absolute Gasteiger partial charge is 0.411 e. The Labute approximate surface area is 157 Å². The van der Waals surface area contributed by atoms with Gasteiger partial charge < -0.3 is 10.5 Å². The topological polar surface area (TPSA) is 72.6 Å². The number of likely N-dealkylation sites (tertiary alicyclic amines) is 1. The Morgan fingerprint density at radius 2 is 2.04 bits per heavy atom. The Morgan fingerprint density at radius 1 is 1.32 bits per heavy atom. The number of halogens is 1. The third-order valence-electron chi connectivity index (χ3n) is 4.99. The monoisotopic (exact) mass is 408 g/mol. The molecule has 2 fully saturated rings. The van der Waals surface area contributed by atoms with E-state index in [-0.39, 0.29) is 30.3 Å². The summed E-state index contributed by atoms with van der Waals surface area (Å²) >= 11 is 3.38. The van der Waals surface area contributed by atoms with Crippen LogP contribution in [-0.2, 0) is 16.0 Å². The lowest BCUT2D eigenvalue weighted by Crippen LogP contribution is -2.51. The molecular weight excluding hydrogens is 384 g/mol. The number of benzene rings is 1. The van der Waals surface area contributed by atoms with Crippen molar-refractivity contribution in [2.75, 3.05) is 5.73 Å². The maximum Gasteiger partial charge on any atom is 0.411 e. The number of nitrogens with zero attached hydrogens (tertiary/aromatic N) is 1. The van der Waals surface area contributed by atoms with E-state index in [1.54, 1.807) is 11.0 Å². The van der Waals surface area contributed by atoms with Gasteiger partial charge in [-0.15, -0.1) is 0 Å². The third-order valence-corrected chi connectivity index (χ3v) is 5.49. The predicted molar refractivity (Wildman–Crippen MR) is 100 cm³/mol. The molecule has 2 N–H and O–H groups in total. The highest BCUT2D eigenvalue weighted by molar-refractivity contribution is 9.10. The molecule has 1 heterocycles. The standard InChI is InChI=1S/C19H25BrN2O3/c1-19(2,3)25-18(24)22-14-7-5-12(8-14)17(22)16(23)9-11-4-6-13(20)10-15(11)21/h4,6,10,12,14,17H,5,7-9,21H2,1-3H3/t12-,14+,17?/m0/s1. The lowest BCUT2D eigenvalue weighted by molar-refractivity contribution is -0.125. The van der Waals surface area contributed by atoms with E-state index >= 15 is 0 Å². The number of carbonyl (C=O) groups excluding carboxylic acids is 2. The zero-order valence-corrected chi connectivity index (χ0v) is 16.5. The van der Waals surface area contributed by atoms with Crippen LogP contribution in [0.3, 0.4) is 0 Å². The molecule has 1 aliphatic heterocycles. The molecule has 5 nitrogen and oxygen atoms in total. The maximum absolute atomic E-state index is 13.0. The largest absolute Gasteiger partial charge is 0.444 e. The van der Waals surface area contributed by atoms with Gasteiger partial charge in [0, 0.05) is 22.6 Å². The average Bonchev–Trinajstić information content (AvgIpc) is 3.09. The van der Waals surface area contributed by atoms with Gasteiger partial charge in [0.05, 0.1) is 6.04 Å². The van der Waals surface area contributed by atoms with Crippen molar-refractivity contribution in [1.29, 1.82) is 0 Å². The maximum atomic E-state index is 13.0. The average molecular weight is 409 g/mol. The van der Waals surface area contributed by atoms with Crippen molar-refractivity contribution in [2.45, 2.75) is 64.1 Å². The lowest BCUT2D eigenvalue weighted by Gasteiger charge is -2.35. The van der Waals surface area contributed by atoms with Crippen molar-refractivity contribution in [3.8, 4) is 0 Å². The van der Waals surface area contributed by atoms with Crippen LogP contribution in [0.5, 0.6) is 0 Å². The zero-order valence-electron chi connectivity index (χ0n) is 14.9. The van der Waals surface area contributed by atoms with Gasteiger partial charge in [0.1, 0.15) is 5.60 Å².